The summed E-state index contributed by atoms with van der Waals surface area (Å²) in [7, 11) is 5.66. The fourth-order valence-corrected chi connectivity index (χ4v) is 2.06. The SMILES string of the molecule is CN=C(NCCCn1ccnc1)NCCN(C)CCCOC. The molecule has 0 amide bonds. The number of rotatable bonds is 11. The van der Waals surface area contributed by atoms with E-state index in [1.54, 1.807) is 20.4 Å². The molecule has 1 aromatic heterocycles. The van der Waals surface area contributed by atoms with Crippen molar-refractivity contribution in [1.82, 2.24) is 25.1 Å². The molecule has 0 aromatic carbocycles. The quantitative estimate of drug-likeness (QED) is 0.352. The molecule has 0 aliphatic carbocycles. The highest BCUT2D eigenvalue weighted by Crippen LogP contribution is 1.89. The zero-order chi connectivity index (χ0) is 16.0. The smallest absolute Gasteiger partial charge is 0.191 e. The first-order valence-corrected chi connectivity index (χ1v) is 7.84. The van der Waals surface area contributed by atoms with Crippen LogP contribution in [0.4, 0.5) is 0 Å². The number of aliphatic imine (C=N–C) groups is 1. The average molecular weight is 310 g/mol. The van der Waals surface area contributed by atoms with Crippen molar-refractivity contribution in [3.8, 4) is 0 Å². The van der Waals surface area contributed by atoms with Crippen LogP contribution in [0.1, 0.15) is 12.8 Å². The third kappa shape index (κ3) is 8.63. The van der Waals surface area contributed by atoms with E-state index in [1.807, 2.05) is 12.5 Å². The standard InChI is InChI=1S/C15H30N6O/c1-16-15(18-6-4-10-21-12-7-17-14-21)19-8-11-20(2)9-5-13-22-3/h7,12,14H,4-6,8-11,13H2,1-3H3,(H2,16,18,19). The molecule has 126 valence electrons. The molecule has 1 rings (SSSR count). The van der Waals surface area contributed by atoms with Gasteiger partial charge in [-0.05, 0) is 19.9 Å². The van der Waals surface area contributed by atoms with Crippen LogP contribution in [-0.4, -0.2) is 74.4 Å². The Hall–Kier alpha value is -1.60. The molecule has 0 fully saturated rings. The van der Waals surface area contributed by atoms with Crippen molar-refractivity contribution in [2.45, 2.75) is 19.4 Å². The van der Waals surface area contributed by atoms with Crippen molar-refractivity contribution in [1.29, 1.82) is 0 Å². The zero-order valence-corrected chi connectivity index (χ0v) is 14.1. The van der Waals surface area contributed by atoms with Gasteiger partial charge >= 0.3 is 0 Å². The van der Waals surface area contributed by atoms with E-state index in [0.29, 0.717) is 0 Å². The third-order valence-electron chi connectivity index (χ3n) is 3.34. The molecule has 0 radical (unpaired) electrons. The van der Waals surface area contributed by atoms with Gasteiger partial charge in [-0.2, -0.15) is 0 Å². The number of guanidine groups is 1. The highest BCUT2D eigenvalue weighted by molar-refractivity contribution is 5.79. The van der Waals surface area contributed by atoms with E-state index < -0.39 is 0 Å². The predicted octanol–water partition coefficient (Wildman–Crippen LogP) is 0.407. The van der Waals surface area contributed by atoms with Gasteiger partial charge in [0, 0.05) is 65.9 Å². The lowest BCUT2D eigenvalue weighted by molar-refractivity contribution is 0.180. The predicted molar refractivity (Wildman–Crippen MR) is 90.2 cm³/mol. The van der Waals surface area contributed by atoms with Gasteiger partial charge in [0.05, 0.1) is 6.33 Å². The average Bonchev–Trinajstić information content (AvgIpc) is 3.03. The number of hydrogen-bond donors (Lipinski definition) is 2. The number of methoxy groups -OCH3 is 1. The van der Waals surface area contributed by atoms with Crippen LogP contribution in [-0.2, 0) is 11.3 Å². The van der Waals surface area contributed by atoms with Crippen LogP contribution in [0.25, 0.3) is 0 Å². The highest BCUT2D eigenvalue weighted by atomic mass is 16.5. The van der Waals surface area contributed by atoms with Gasteiger partial charge in [-0.1, -0.05) is 0 Å². The molecule has 1 aromatic rings. The molecule has 0 bridgehead atoms. The van der Waals surface area contributed by atoms with Gasteiger partial charge in [0.15, 0.2) is 5.96 Å². The summed E-state index contributed by atoms with van der Waals surface area (Å²) in [6.07, 6.45) is 7.72. The van der Waals surface area contributed by atoms with E-state index in [-0.39, 0.29) is 0 Å². The summed E-state index contributed by atoms with van der Waals surface area (Å²) >= 11 is 0. The van der Waals surface area contributed by atoms with Gasteiger partial charge < -0.3 is 24.8 Å². The number of nitrogens with one attached hydrogen (secondary N) is 2. The Morgan fingerprint density at radius 3 is 2.77 bits per heavy atom. The first-order chi connectivity index (χ1) is 10.8. The minimum Gasteiger partial charge on any atom is -0.385 e. The van der Waals surface area contributed by atoms with Crippen LogP contribution in [0.2, 0.25) is 0 Å². The third-order valence-corrected chi connectivity index (χ3v) is 3.34. The second-order valence-electron chi connectivity index (χ2n) is 5.23. The van der Waals surface area contributed by atoms with Crippen molar-refractivity contribution in [2.24, 2.45) is 4.99 Å². The van der Waals surface area contributed by atoms with Crippen LogP contribution >= 0.6 is 0 Å². The molecule has 0 atom stereocenters. The molecule has 0 saturated heterocycles. The lowest BCUT2D eigenvalue weighted by Gasteiger charge is -2.18. The maximum absolute atomic E-state index is 5.06. The van der Waals surface area contributed by atoms with E-state index in [4.69, 9.17) is 4.74 Å². The van der Waals surface area contributed by atoms with Crippen LogP contribution in [0, 0.1) is 0 Å². The highest BCUT2D eigenvalue weighted by Gasteiger charge is 2.00. The molecular weight excluding hydrogens is 280 g/mol. The van der Waals surface area contributed by atoms with Gasteiger partial charge in [0.25, 0.3) is 0 Å². The summed E-state index contributed by atoms with van der Waals surface area (Å²) < 4.78 is 7.13. The summed E-state index contributed by atoms with van der Waals surface area (Å²) in [6.45, 7) is 5.59. The largest absolute Gasteiger partial charge is 0.385 e. The molecule has 0 aliphatic heterocycles. The second kappa shape index (κ2) is 12.0. The van der Waals surface area contributed by atoms with Crippen LogP contribution in [0.15, 0.2) is 23.7 Å². The molecule has 0 saturated carbocycles. The maximum Gasteiger partial charge on any atom is 0.191 e. The Morgan fingerprint density at radius 2 is 2.09 bits per heavy atom. The molecule has 22 heavy (non-hydrogen) atoms. The summed E-state index contributed by atoms with van der Waals surface area (Å²) in [6, 6.07) is 0. The zero-order valence-electron chi connectivity index (χ0n) is 14.1. The monoisotopic (exact) mass is 310 g/mol. The van der Waals surface area contributed by atoms with E-state index >= 15 is 0 Å². The van der Waals surface area contributed by atoms with Crippen LogP contribution in [0.3, 0.4) is 0 Å². The Bertz CT molecular complexity index is 393. The minimum atomic E-state index is 0.817. The molecule has 0 unspecified atom stereocenters. The van der Waals surface area contributed by atoms with Crippen LogP contribution in [0.5, 0.6) is 0 Å². The lowest BCUT2D eigenvalue weighted by Crippen LogP contribution is -2.41. The summed E-state index contributed by atoms with van der Waals surface area (Å²) in [4.78, 5) is 10.6. The number of aromatic nitrogens is 2. The fourth-order valence-electron chi connectivity index (χ4n) is 2.06. The number of likely N-dealkylation sites (N-methyl/N-ethyl adjacent to an activating group) is 1. The topological polar surface area (TPSA) is 66.7 Å². The molecule has 2 N–H and O–H groups in total. The molecule has 0 aliphatic rings. The van der Waals surface area contributed by atoms with Crippen molar-refractivity contribution in [2.75, 3.05) is 54.0 Å². The molecular formula is C15H30N6O. The van der Waals surface area contributed by atoms with Crippen molar-refractivity contribution in [3.63, 3.8) is 0 Å². The van der Waals surface area contributed by atoms with Gasteiger partial charge in [-0.15, -0.1) is 0 Å². The fraction of sp³-hybridized carbons (Fsp3) is 0.733. The number of ether oxygens (including phenoxy) is 1. The van der Waals surface area contributed by atoms with E-state index in [2.05, 4.69) is 37.1 Å². The molecule has 7 heteroatoms. The Morgan fingerprint density at radius 1 is 1.27 bits per heavy atom. The molecule has 1 heterocycles. The van der Waals surface area contributed by atoms with Crippen molar-refractivity contribution in [3.05, 3.63) is 18.7 Å². The first kappa shape index (κ1) is 18.4. The van der Waals surface area contributed by atoms with E-state index in [1.165, 1.54) is 0 Å². The van der Waals surface area contributed by atoms with E-state index in [0.717, 1.165) is 58.1 Å². The minimum absolute atomic E-state index is 0.817. The molecule has 0 spiro atoms. The number of aryl methyl sites for hydroxylation is 1. The maximum atomic E-state index is 5.06. The number of hydrogen-bond acceptors (Lipinski definition) is 4. The Balaban J connectivity index is 2.04. The second-order valence-corrected chi connectivity index (χ2v) is 5.23. The summed E-state index contributed by atoms with van der Waals surface area (Å²) in [5.41, 5.74) is 0. The Labute approximate surface area is 133 Å². The van der Waals surface area contributed by atoms with Crippen molar-refractivity contribution < 1.29 is 4.74 Å². The first-order valence-electron chi connectivity index (χ1n) is 7.84. The van der Waals surface area contributed by atoms with Gasteiger partial charge in [0.1, 0.15) is 0 Å². The van der Waals surface area contributed by atoms with Gasteiger partial charge in [-0.25, -0.2) is 4.98 Å². The summed E-state index contributed by atoms with van der Waals surface area (Å²) in [5, 5.41) is 6.66. The van der Waals surface area contributed by atoms with Gasteiger partial charge in [-0.3, -0.25) is 4.99 Å². The molecule has 7 nitrogen and oxygen atoms in total. The van der Waals surface area contributed by atoms with E-state index in [9.17, 15) is 0 Å². The van der Waals surface area contributed by atoms with Gasteiger partial charge in [0.2, 0.25) is 0 Å². The number of nitrogens with zero attached hydrogens (tertiary/aromatic N) is 4. The lowest BCUT2D eigenvalue weighted by atomic mass is 10.4. The Kier molecular flexibility index (Phi) is 10.1. The summed E-state index contributed by atoms with van der Waals surface area (Å²) in [5.74, 6) is 0.857. The van der Waals surface area contributed by atoms with Crippen molar-refractivity contribution >= 4 is 5.96 Å². The number of imidazole rings is 1. The van der Waals surface area contributed by atoms with Crippen LogP contribution < -0.4 is 10.6 Å². The normalized spacial score (nSPS) is 11.9.